The summed E-state index contributed by atoms with van der Waals surface area (Å²) in [6, 6.07) is 97.8. The van der Waals surface area contributed by atoms with Crippen LogP contribution >= 0.6 is 0 Å². The second-order valence-electron chi connectivity index (χ2n) is 20.0. The molecule has 11 aromatic carbocycles. The molecule has 358 valence electrons. The van der Waals surface area contributed by atoms with Gasteiger partial charge in [-0.05, 0) is 149 Å². The fourth-order valence-electron chi connectivity index (χ4n) is 12.2. The molecule has 0 saturated heterocycles. The minimum absolute atomic E-state index is 1.03. The first kappa shape index (κ1) is 43.7. The monoisotopic (exact) mass is 970 g/mol. The Kier molecular flexibility index (Phi) is 10.3. The zero-order valence-corrected chi connectivity index (χ0v) is 41.8. The van der Waals surface area contributed by atoms with Crippen molar-refractivity contribution in [2.24, 2.45) is 0 Å². The van der Waals surface area contributed by atoms with Gasteiger partial charge >= 0.3 is 0 Å². The molecule has 0 atom stereocenters. The highest BCUT2D eigenvalue weighted by atomic mass is 15.1. The molecule has 4 nitrogen and oxygen atoms in total. The van der Waals surface area contributed by atoms with E-state index in [0.717, 1.165) is 52.4 Å². The van der Waals surface area contributed by atoms with E-state index < -0.39 is 0 Å². The van der Waals surface area contributed by atoms with E-state index in [1.54, 1.807) is 0 Å². The molecule has 3 heterocycles. The van der Waals surface area contributed by atoms with Crippen molar-refractivity contribution in [3.63, 3.8) is 0 Å². The predicted octanol–water partition coefficient (Wildman–Crippen LogP) is 19.3. The molecule has 0 fully saturated rings. The van der Waals surface area contributed by atoms with E-state index >= 15 is 0 Å². The molecule has 3 aromatic heterocycles. The first-order chi connectivity index (χ1) is 37.7. The van der Waals surface area contributed by atoms with E-state index in [0.29, 0.717) is 0 Å². The van der Waals surface area contributed by atoms with Crippen molar-refractivity contribution in [3.05, 3.63) is 284 Å². The van der Waals surface area contributed by atoms with E-state index in [2.05, 4.69) is 298 Å². The number of allylic oxidation sites excluding steroid dienone is 1. The van der Waals surface area contributed by atoms with Crippen molar-refractivity contribution in [1.82, 2.24) is 13.7 Å². The summed E-state index contributed by atoms with van der Waals surface area (Å²) in [5.41, 5.74) is 22.6. The Hall–Kier alpha value is -9.90. The molecular weight excluding hydrogens is 921 g/mol. The van der Waals surface area contributed by atoms with Gasteiger partial charge < -0.3 is 18.6 Å². The summed E-state index contributed by atoms with van der Waals surface area (Å²) < 4.78 is 7.26. The minimum Gasteiger partial charge on any atom is -0.313 e. The average Bonchev–Trinajstić information content (AvgIpc) is 4.16. The molecule has 0 spiro atoms. The molecule has 0 radical (unpaired) electrons. The van der Waals surface area contributed by atoms with Crippen LogP contribution in [0.3, 0.4) is 0 Å². The summed E-state index contributed by atoms with van der Waals surface area (Å²) in [4.78, 5) is 2.38. The van der Waals surface area contributed by atoms with Gasteiger partial charge in [0.1, 0.15) is 0 Å². The number of aromatic nitrogens is 3. The zero-order valence-electron chi connectivity index (χ0n) is 41.8. The molecule has 15 rings (SSSR count). The normalized spacial score (nSPS) is 12.3. The van der Waals surface area contributed by atoms with Crippen molar-refractivity contribution in [3.8, 4) is 50.4 Å². The Morgan fingerprint density at radius 1 is 0.276 bits per heavy atom. The molecule has 76 heavy (non-hydrogen) atoms. The van der Waals surface area contributed by atoms with Crippen LogP contribution in [-0.4, -0.2) is 13.7 Å². The van der Waals surface area contributed by atoms with Crippen LogP contribution in [0.2, 0.25) is 0 Å². The number of fused-ring (bicyclic) bond motifs is 9. The second kappa shape index (κ2) is 17.9. The molecular formula is C72H50N4. The lowest BCUT2D eigenvalue weighted by Crippen LogP contribution is -2.09. The van der Waals surface area contributed by atoms with Gasteiger partial charge in [0.05, 0.1) is 27.6 Å². The number of anilines is 3. The van der Waals surface area contributed by atoms with Crippen LogP contribution in [0.25, 0.3) is 111 Å². The standard InChI is InChI=1S/C72H50N4/c1-7-28-67-61(22-1)62-23-2-8-29-68(62)74(67)58-19-13-16-52(46-58)49-34-40-55(41-35-49)73(56-42-36-50(37-43-56)53-17-14-20-59(47-53)75-69-30-9-3-24-63(69)64-25-4-10-31-70(64)75)57-44-38-51(39-45-57)54-18-15-21-60(48-54)76-71-32-11-5-26-65(71)66-27-6-12-33-72(66)76/h1-11,13-32,34-48H,12,33H2. The van der Waals surface area contributed by atoms with Gasteiger partial charge in [0, 0.05) is 72.3 Å². The Balaban J connectivity index is 0.797. The van der Waals surface area contributed by atoms with E-state index in [1.165, 1.54) is 93.7 Å². The Labute approximate surface area is 441 Å². The van der Waals surface area contributed by atoms with Crippen molar-refractivity contribution < 1.29 is 0 Å². The van der Waals surface area contributed by atoms with Crippen molar-refractivity contribution in [1.29, 1.82) is 0 Å². The molecule has 0 bridgehead atoms. The van der Waals surface area contributed by atoms with Crippen LogP contribution in [0.1, 0.15) is 17.7 Å². The van der Waals surface area contributed by atoms with Crippen LogP contribution in [0, 0.1) is 0 Å². The van der Waals surface area contributed by atoms with Gasteiger partial charge in [-0.2, -0.15) is 0 Å². The van der Waals surface area contributed by atoms with Crippen LogP contribution in [0.5, 0.6) is 0 Å². The Bertz CT molecular complexity index is 4260. The zero-order chi connectivity index (χ0) is 50.1. The summed E-state index contributed by atoms with van der Waals surface area (Å²) in [5, 5.41) is 6.36. The van der Waals surface area contributed by atoms with E-state index in [-0.39, 0.29) is 0 Å². The number of benzene rings is 11. The van der Waals surface area contributed by atoms with E-state index in [1.807, 2.05) is 0 Å². The largest absolute Gasteiger partial charge is 0.313 e. The van der Waals surface area contributed by atoms with Crippen molar-refractivity contribution in [2.75, 3.05) is 4.90 Å². The molecule has 1 aliphatic carbocycles. The van der Waals surface area contributed by atoms with Crippen LogP contribution in [0.15, 0.2) is 273 Å². The topological polar surface area (TPSA) is 18.0 Å². The van der Waals surface area contributed by atoms with E-state index in [9.17, 15) is 0 Å². The first-order valence-electron chi connectivity index (χ1n) is 26.4. The smallest absolute Gasteiger partial charge is 0.0541 e. The number of para-hydroxylation sites is 5. The lowest BCUT2D eigenvalue weighted by molar-refractivity contribution is 0.889. The highest BCUT2D eigenvalue weighted by Crippen LogP contribution is 2.41. The number of hydrogen-bond acceptors (Lipinski definition) is 1. The third kappa shape index (κ3) is 7.21. The Morgan fingerprint density at radius 3 is 0.987 bits per heavy atom. The molecule has 0 aliphatic heterocycles. The summed E-state index contributed by atoms with van der Waals surface area (Å²) in [5.74, 6) is 0. The molecule has 4 heteroatoms. The van der Waals surface area contributed by atoms with Gasteiger partial charge in [-0.25, -0.2) is 0 Å². The quantitative estimate of drug-likeness (QED) is 0.141. The number of rotatable bonds is 9. The lowest BCUT2D eigenvalue weighted by Gasteiger charge is -2.26. The minimum atomic E-state index is 1.03. The fraction of sp³-hybridized carbons (Fsp3) is 0.0278. The lowest BCUT2D eigenvalue weighted by atomic mass is 10.0. The van der Waals surface area contributed by atoms with Crippen LogP contribution in [-0.2, 0) is 6.42 Å². The van der Waals surface area contributed by atoms with Gasteiger partial charge in [0.2, 0.25) is 0 Å². The van der Waals surface area contributed by atoms with Gasteiger partial charge in [-0.15, -0.1) is 0 Å². The number of nitrogens with zero attached hydrogens (tertiary/aromatic N) is 4. The predicted molar refractivity (Wildman–Crippen MR) is 320 cm³/mol. The van der Waals surface area contributed by atoms with Gasteiger partial charge in [0.15, 0.2) is 0 Å². The molecule has 14 aromatic rings. The molecule has 1 aliphatic rings. The maximum absolute atomic E-state index is 2.47. The fourth-order valence-corrected chi connectivity index (χ4v) is 12.2. The first-order valence-corrected chi connectivity index (χ1v) is 26.4. The highest BCUT2D eigenvalue weighted by Gasteiger charge is 2.20. The van der Waals surface area contributed by atoms with Crippen molar-refractivity contribution >= 4 is 77.7 Å². The van der Waals surface area contributed by atoms with E-state index in [4.69, 9.17) is 0 Å². The third-order valence-electron chi connectivity index (χ3n) is 15.7. The summed E-state index contributed by atoms with van der Waals surface area (Å²) >= 11 is 0. The van der Waals surface area contributed by atoms with Gasteiger partial charge in [-0.1, -0.05) is 176 Å². The maximum Gasteiger partial charge on any atom is 0.0541 e. The molecule has 0 saturated carbocycles. The summed E-state index contributed by atoms with van der Waals surface area (Å²) in [7, 11) is 0. The average molecular weight is 971 g/mol. The molecule has 0 amide bonds. The summed E-state index contributed by atoms with van der Waals surface area (Å²) in [6.07, 6.45) is 6.70. The number of hydrogen-bond donors (Lipinski definition) is 0. The van der Waals surface area contributed by atoms with Gasteiger partial charge in [-0.3, -0.25) is 0 Å². The molecule has 0 N–H and O–H groups in total. The Morgan fingerprint density at radius 2 is 0.605 bits per heavy atom. The van der Waals surface area contributed by atoms with Gasteiger partial charge in [0.25, 0.3) is 0 Å². The SMILES string of the molecule is C1=Cc2c(n(-c3cccc(-c4ccc(N(c5ccc(-c6cccc(-n7c8ccccc8c8ccccc87)c6)cc5)c5ccc(-c6cccc(-n7c8ccccc8c8ccccc87)c6)cc5)cc4)c3)c3ccccc23)CC1. The second-order valence-corrected chi connectivity index (χ2v) is 20.0. The van der Waals surface area contributed by atoms with Crippen LogP contribution in [0.4, 0.5) is 17.1 Å². The molecule has 0 unspecified atom stereocenters. The maximum atomic E-state index is 2.47. The van der Waals surface area contributed by atoms with Crippen molar-refractivity contribution in [2.45, 2.75) is 12.8 Å². The third-order valence-corrected chi connectivity index (χ3v) is 15.7. The summed E-state index contributed by atoms with van der Waals surface area (Å²) in [6.45, 7) is 0. The highest BCUT2D eigenvalue weighted by molar-refractivity contribution is 6.10. The van der Waals surface area contributed by atoms with Crippen LogP contribution < -0.4 is 4.90 Å².